The quantitative estimate of drug-likeness (QED) is 0.212. The van der Waals surface area contributed by atoms with Crippen LogP contribution in [0.1, 0.15) is 22.0 Å². The second-order valence-corrected chi connectivity index (χ2v) is 8.97. The van der Waals surface area contributed by atoms with Crippen molar-refractivity contribution >= 4 is 29.2 Å². The first-order chi connectivity index (χ1) is 18.5. The van der Waals surface area contributed by atoms with E-state index in [0.717, 1.165) is 4.90 Å². The summed E-state index contributed by atoms with van der Waals surface area (Å²) in [6.45, 7) is 0. The number of carbonyl (C=O) groups is 3. The largest absolute Gasteiger partial charge is 0.423 e. The summed E-state index contributed by atoms with van der Waals surface area (Å²) < 4.78 is 19.0. The summed E-state index contributed by atoms with van der Waals surface area (Å²) in [6.07, 6.45) is -1.05. The van der Waals surface area contributed by atoms with Crippen LogP contribution in [0.2, 0.25) is 0 Å². The zero-order valence-corrected chi connectivity index (χ0v) is 19.9. The third-order valence-corrected chi connectivity index (χ3v) is 6.65. The molecular weight excluding hydrogens is 487 g/mol. The van der Waals surface area contributed by atoms with E-state index in [1.807, 2.05) is 36.4 Å². The maximum atomic E-state index is 13.6. The van der Waals surface area contributed by atoms with Gasteiger partial charge in [-0.15, -0.1) is 0 Å². The molecule has 0 aliphatic carbocycles. The number of benzene rings is 4. The van der Waals surface area contributed by atoms with Crippen molar-refractivity contribution in [2.24, 2.45) is 5.92 Å². The number of imide groups is 1. The fourth-order valence-electron chi connectivity index (χ4n) is 4.87. The maximum Gasteiger partial charge on any atom is 0.343 e. The lowest BCUT2D eigenvalue weighted by atomic mass is 9.90. The van der Waals surface area contributed by atoms with E-state index in [-0.39, 0.29) is 5.69 Å². The fourth-order valence-corrected chi connectivity index (χ4v) is 4.87. The Morgan fingerprint density at radius 3 is 2.03 bits per heavy atom. The number of hydrogen-bond donors (Lipinski definition) is 0. The molecule has 0 radical (unpaired) electrons. The summed E-state index contributed by atoms with van der Waals surface area (Å²) in [6, 6.07) is 29.2. The van der Waals surface area contributed by atoms with Gasteiger partial charge in [0.25, 0.3) is 5.91 Å². The molecule has 2 saturated heterocycles. The number of fused-ring (bicyclic) bond motifs is 1. The van der Waals surface area contributed by atoms with E-state index in [9.17, 15) is 18.8 Å². The average molecular weight is 509 g/mol. The number of nitrogens with zero attached hydrogens (tertiary/aromatic N) is 2. The lowest BCUT2D eigenvalue weighted by Gasteiger charge is -2.28. The van der Waals surface area contributed by atoms with Gasteiger partial charge in [-0.2, -0.15) is 0 Å². The smallest absolute Gasteiger partial charge is 0.343 e. The number of amides is 2. The SMILES string of the molecule is O=C(Oc1ccc([C@@H]2[C@H]3C(=O)N(c4ccc(F)cc4)C(=O)[C@@H]3ON2c2ccccc2)cc1)c1ccccc1. The summed E-state index contributed by atoms with van der Waals surface area (Å²) in [5.41, 5.74) is 2.09. The molecule has 0 aromatic heterocycles. The lowest BCUT2D eigenvalue weighted by molar-refractivity contribution is -0.126. The number of halogens is 1. The standard InChI is InChI=1S/C30H21FN2O5/c31-21-13-15-22(16-14-21)32-28(34)25-26(33(38-27(25)29(32)35)23-9-5-2-6-10-23)19-11-17-24(18-12-19)37-30(36)20-7-3-1-4-8-20/h1-18,25-27H/t25-,26-,27-/m1/s1. The average Bonchev–Trinajstić information content (AvgIpc) is 3.46. The minimum atomic E-state index is -1.05. The number of para-hydroxylation sites is 1. The van der Waals surface area contributed by atoms with Crippen LogP contribution in [0.3, 0.4) is 0 Å². The predicted octanol–water partition coefficient (Wildman–Crippen LogP) is 5.10. The Labute approximate surface area is 217 Å². The van der Waals surface area contributed by atoms with Crippen molar-refractivity contribution in [3.8, 4) is 5.75 Å². The second-order valence-electron chi connectivity index (χ2n) is 8.97. The van der Waals surface area contributed by atoms with Gasteiger partial charge >= 0.3 is 5.97 Å². The van der Waals surface area contributed by atoms with Crippen molar-refractivity contribution in [3.05, 3.63) is 126 Å². The molecule has 0 N–H and O–H groups in total. The first kappa shape index (κ1) is 23.6. The number of anilines is 2. The van der Waals surface area contributed by atoms with E-state index in [1.54, 1.807) is 53.6 Å². The number of rotatable bonds is 5. The molecule has 2 fully saturated rings. The molecule has 4 aromatic carbocycles. The van der Waals surface area contributed by atoms with Crippen LogP contribution >= 0.6 is 0 Å². The molecule has 7 nitrogen and oxygen atoms in total. The summed E-state index contributed by atoms with van der Waals surface area (Å²) in [5.74, 6) is -2.40. The van der Waals surface area contributed by atoms with Gasteiger partial charge < -0.3 is 4.74 Å². The van der Waals surface area contributed by atoms with Gasteiger partial charge in [0.1, 0.15) is 17.5 Å². The maximum absolute atomic E-state index is 13.6. The first-order valence-corrected chi connectivity index (χ1v) is 12.0. The van der Waals surface area contributed by atoms with Crippen molar-refractivity contribution in [2.45, 2.75) is 12.1 Å². The van der Waals surface area contributed by atoms with Crippen LogP contribution in [0, 0.1) is 11.7 Å². The van der Waals surface area contributed by atoms with Crippen LogP contribution in [-0.2, 0) is 14.4 Å². The van der Waals surface area contributed by atoms with Gasteiger partial charge in [0.05, 0.1) is 23.0 Å². The Hall–Kier alpha value is -4.82. The van der Waals surface area contributed by atoms with Crippen LogP contribution in [0.15, 0.2) is 109 Å². The first-order valence-electron chi connectivity index (χ1n) is 12.0. The minimum Gasteiger partial charge on any atom is -0.423 e. The molecule has 2 aliphatic rings. The van der Waals surface area contributed by atoms with E-state index in [4.69, 9.17) is 9.57 Å². The summed E-state index contributed by atoms with van der Waals surface area (Å²) in [5, 5.41) is 1.58. The van der Waals surface area contributed by atoms with Gasteiger partial charge in [-0.3, -0.25) is 14.4 Å². The molecule has 3 atom stereocenters. The number of carbonyl (C=O) groups excluding carboxylic acids is 3. The van der Waals surface area contributed by atoms with Crippen molar-refractivity contribution < 1.29 is 28.3 Å². The van der Waals surface area contributed by atoms with Crippen LogP contribution in [0.25, 0.3) is 0 Å². The molecule has 8 heteroatoms. The van der Waals surface area contributed by atoms with Gasteiger partial charge in [0.2, 0.25) is 5.91 Å². The molecular formula is C30H21FN2O5. The molecule has 2 amide bonds. The second kappa shape index (κ2) is 9.57. The minimum absolute atomic E-state index is 0.285. The third kappa shape index (κ3) is 4.10. The van der Waals surface area contributed by atoms with Crippen molar-refractivity contribution in [2.75, 3.05) is 9.96 Å². The van der Waals surface area contributed by atoms with Crippen LogP contribution in [0.4, 0.5) is 15.8 Å². The monoisotopic (exact) mass is 508 g/mol. The van der Waals surface area contributed by atoms with Crippen molar-refractivity contribution in [3.63, 3.8) is 0 Å². The number of hydrogen-bond acceptors (Lipinski definition) is 6. The zero-order valence-electron chi connectivity index (χ0n) is 19.9. The molecule has 38 heavy (non-hydrogen) atoms. The Morgan fingerprint density at radius 1 is 0.737 bits per heavy atom. The van der Waals surface area contributed by atoms with Gasteiger partial charge in [-0.1, -0.05) is 48.5 Å². The molecule has 2 aliphatic heterocycles. The fraction of sp³-hybridized carbons (Fsp3) is 0.100. The van der Waals surface area contributed by atoms with E-state index >= 15 is 0 Å². The number of ether oxygens (including phenoxy) is 1. The Kier molecular flexibility index (Phi) is 5.94. The molecule has 0 spiro atoms. The topological polar surface area (TPSA) is 76.2 Å². The summed E-state index contributed by atoms with van der Waals surface area (Å²) in [7, 11) is 0. The molecule has 6 rings (SSSR count). The number of esters is 1. The highest BCUT2D eigenvalue weighted by molar-refractivity contribution is 6.23. The van der Waals surface area contributed by atoms with Crippen LogP contribution in [-0.4, -0.2) is 23.9 Å². The summed E-state index contributed by atoms with van der Waals surface area (Å²) in [4.78, 5) is 46.6. The molecule has 2 heterocycles. The molecule has 0 saturated carbocycles. The van der Waals surface area contributed by atoms with E-state index in [0.29, 0.717) is 22.6 Å². The zero-order chi connectivity index (χ0) is 26.2. The van der Waals surface area contributed by atoms with E-state index in [2.05, 4.69) is 0 Å². The molecule has 188 valence electrons. The van der Waals surface area contributed by atoms with Gasteiger partial charge in [-0.25, -0.2) is 19.1 Å². The van der Waals surface area contributed by atoms with Crippen LogP contribution in [0.5, 0.6) is 5.75 Å². The Balaban J connectivity index is 1.32. The molecule has 0 unspecified atom stereocenters. The Morgan fingerprint density at radius 2 is 1.37 bits per heavy atom. The van der Waals surface area contributed by atoms with Crippen LogP contribution < -0.4 is 14.7 Å². The summed E-state index contributed by atoms with van der Waals surface area (Å²) >= 11 is 0. The molecule has 4 aromatic rings. The van der Waals surface area contributed by atoms with Crippen molar-refractivity contribution in [1.82, 2.24) is 0 Å². The normalized spacial score (nSPS) is 20.5. The third-order valence-electron chi connectivity index (χ3n) is 6.65. The molecule has 0 bridgehead atoms. The number of hydroxylamine groups is 1. The van der Waals surface area contributed by atoms with Gasteiger partial charge in [-0.05, 0) is 66.2 Å². The predicted molar refractivity (Wildman–Crippen MR) is 137 cm³/mol. The Bertz CT molecular complexity index is 1490. The highest BCUT2D eigenvalue weighted by atomic mass is 19.1. The van der Waals surface area contributed by atoms with Gasteiger partial charge in [0.15, 0.2) is 6.10 Å². The highest BCUT2D eigenvalue weighted by Crippen LogP contribution is 2.47. The van der Waals surface area contributed by atoms with E-state index in [1.165, 1.54) is 24.3 Å². The lowest BCUT2D eigenvalue weighted by Crippen LogP contribution is -2.37. The van der Waals surface area contributed by atoms with Crippen molar-refractivity contribution in [1.29, 1.82) is 0 Å². The van der Waals surface area contributed by atoms with Gasteiger partial charge in [0, 0.05) is 0 Å². The van der Waals surface area contributed by atoms with E-state index < -0.39 is 41.7 Å². The highest BCUT2D eigenvalue weighted by Gasteiger charge is 2.60.